The van der Waals surface area contributed by atoms with E-state index in [4.69, 9.17) is 0 Å². The molecule has 0 fully saturated rings. The molecule has 0 spiro atoms. The van der Waals surface area contributed by atoms with E-state index in [-0.39, 0.29) is 27.8 Å². The van der Waals surface area contributed by atoms with E-state index in [9.17, 15) is 39.5 Å². The molecule has 0 unspecified atom stereocenters. The second-order valence-corrected chi connectivity index (χ2v) is 7.59. The van der Waals surface area contributed by atoms with Gasteiger partial charge >= 0.3 is 12.4 Å². The standard InChI is InChI=1S/C26H13F9/c27-16-10-7-14(8-11-16)23-18(4-2-6-22(23)29)19-13-15(9-12-21(19)28)17-3-1-5-20(25(30,31)32)24(17)26(33,34)35/h1-13H. The summed E-state index contributed by atoms with van der Waals surface area (Å²) in [5.74, 6) is -2.36. The fourth-order valence-electron chi connectivity index (χ4n) is 3.89. The van der Waals surface area contributed by atoms with Crippen LogP contribution in [0.4, 0.5) is 39.5 Å². The van der Waals surface area contributed by atoms with Crippen molar-refractivity contribution < 1.29 is 39.5 Å². The summed E-state index contributed by atoms with van der Waals surface area (Å²) in [5, 5.41) is 0. The third-order valence-corrected chi connectivity index (χ3v) is 5.37. The molecule has 4 aromatic carbocycles. The third kappa shape index (κ3) is 4.76. The first-order valence-electron chi connectivity index (χ1n) is 10.00. The Morgan fingerprint density at radius 1 is 0.486 bits per heavy atom. The van der Waals surface area contributed by atoms with E-state index < -0.39 is 46.5 Å². The highest BCUT2D eigenvalue weighted by Gasteiger charge is 2.44. The summed E-state index contributed by atoms with van der Waals surface area (Å²) < 4.78 is 124. The van der Waals surface area contributed by atoms with Gasteiger partial charge in [-0.25, -0.2) is 13.2 Å². The molecule has 0 aliphatic rings. The van der Waals surface area contributed by atoms with Crippen LogP contribution in [0.2, 0.25) is 0 Å². The molecule has 0 aliphatic heterocycles. The van der Waals surface area contributed by atoms with Crippen LogP contribution in [0.5, 0.6) is 0 Å². The summed E-state index contributed by atoms with van der Waals surface area (Å²) in [5.41, 5.74) is -5.36. The van der Waals surface area contributed by atoms with Crippen LogP contribution in [0, 0.1) is 17.5 Å². The zero-order valence-corrected chi connectivity index (χ0v) is 17.4. The van der Waals surface area contributed by atoms with Crippen molar-refractivity contribution in [2.45, 2.75) is 12.4 Å². The first-order chi connectivity index (χ1) is 16.4. The Labute approximate surface area is 193 Å². The number of benzene rings is 4. The van der Waals surface area contributed by atoms with Crippen LogP contribution in [0.3, 0.4) is 0 Å². The molecule has 4 rings (SSSR count). The van der Waals surface area contributed by atoms with Crippen molar-refractivity contribution in [2.24, 2.45) is 0 Å². The number of alkyl halides is 6. The van der Waals surface area contributed by atoms with Crippen LogP contribution < -0.4 is 0 Å². The molecule has 0 aromatic heterocycles. The Kier molecular flexibility index (Phi) is 6.12. The summed E-state index contributed by atoms with van der Waals surface area (Å²) in [6.07, 6.45) is -10.7. The highest BCUT2D eigenvalue weighted by Crippen LogP contribution is 2.46. The summed E-state index contributed by atoms with van der Waals surface area (Å²) in [6, 6.07) is 12.8. The van der Waals surface area contributed by atoms with Gasteiger partial charge in [-0.3, -0.25) is 0 Å². The van der Waals surface area contributed by atoms with Crippen molar-refractivity contribution in [2.75, 3.05) is 0 Å². The van der Waals surface area contributed by atoms with Crippen LogP contribution in [-0.2, 0) is 12.4 Å². The predicted molar refractivity (Wildman–Crippen MR) is 113 cm³/mol. The van der Waals surface area contributed by atoms with Crippen LogP contribution in [0.25, 0.3) is 33.4 Å². The normalized spacial score (nSPS) is 12.1. The summed E-state index contributed by atoms with van der Waals surface area (Å²) >= 11 is 0. The van der Waals surface area contributed by atoms with Crippen molar-refractivity contribution in [3.05, 3.63) is 107 Å². The zero-order chi connectivity index (χ0) is 25.5. The molecule has 0 saturated carbocycles. The molecule has 0 amide bonds. The van der Waals surface area contributed by atoms with Gasteiger partial charge in [0.25, 0.3) is 0 Å². The van der Waals surface area contributed by atoms with Gasteiger partial charge in [-0.2, -0.15) is 26.3 Å². The number of halogens is 9. The highest BCUT2D eigenvalue weighted by molar-refractivity contribution is 5.86. The lowest BCUT2D eigenvalue weighted by atomic mass is 9.89. The van der Waals surface area contributed by atoms with Crippen molar-refractivity contribution in [1.29, 1.82) is 0 Å². The van der Waals surface area contributed by atoms with Gasteiger partial charge in [-0.1, -0.05) is 42.5 Å². The van der Waals surface area contributed by atoms with E-state index >= 15 is 0 Å². The quantitative estimate of drug-likeness (QED) is 0.248. The summed E-state index contributed by atoms with van der Waals surface area (Å²) in [4.78, 5) is 0. The molecule has 0 nitrogen and oxygen atoms in total. The minimum absolute atomic E-state index is 0.0727. The number of rotatable bonds is 3. The second kappa shape index (κ2) is 8.79. The molecule has 180 valence electrons. The highest BCUT2D eigenvalue weighted by atomic mass is 19.4. The maximum absolute atomic E-state index is 14.9. The van der Waals surface area contributed by atoms with Gasteiger partial charge in [-0.05, 0) is 58.7 Å². The maximum atomic E-state index is 14.9. The van der Waals surface area contributed by atoms with E-state index in [1.54, 1.807) is 0 Å². The Balaban J connectivity index is 1.98. The molecule has 0 atom stereocenters. The molecular weight excluding hydrogens is 483 g/mol. The average Bonchev–Trinajstić information content (AvgIpc) is 2.78. The van der Waals surface area contributed by atoms with Crippen molar-refractivity contribution in [3.8, 4) is 33.4 Å². The molecule has 35 heavy (non-hydrogen) atoms. The Hall–Kier alpha value is -3.75. The Morgan fingerprint density at radius 2 is 1.09 bits per heavy atom. The number of hydrogen-bond donors (Lipinski definition) is 0. The topological polar surface area (TPSA) is 0 Å². The summed E-state index contributed by atoms with van der Waals surface area (Å²) in [6.45, 7) is 0. The lowest BCUT2D eigenvalue weighted by Gasteiger charge is -2.20. The lowest BCUT2D eigenvalue weighted by Crippen LogP contribution is -2.17. The van der Waals surface area contributed by atoms with Crippen LogP contribution >= 0.6 is 0 Å². The fraction of sp³-hybridized carbons (Fsp3) is 0.0769. The molecule has 0 heterocycles. The van der Waals surface area contributed by atoms with E-state index in [0.29, 0.717) is 6.07 Å². The molecule has 0 bridgehead atoms. The van der Waals surface area contributed by atoms with Gasteiger partial charge in [0.15, 0.2) is 0 Å². The monoisotopic (exact) mass is 496 g/mol. The molecule has 4 aromatic rings. The smallest absolute Gasteiger partial charge is 0.207 e. The molecule has 0 saturated heterocycles. The van der Waals surface area contributed by atoms with Gasteiger partial charge in [0.05, 0.1) is 11.1 Å². The SMILES string of the molecule is Fc1ccc(-c2c(F)cccc2-c2cc(-c3cccc(C(F)(F)F)c3C(F)(F)F)ccc2F)cc1. The van der Waals surface area contributed by atoms with E-state index in [1.807, 2.05) is 0 Å². The molecular formula is C26H13F9. The van der Waals surface area contributed by atoms with Crippen molar-refractivity contribution in [1.82, 2.24) is 0 Å². The minimum atomic E-state index is -5.37. The largest absolute Gasteiger partial charge is 0.417 e. The fourth-order valence-corrected chi connectivity index (χ4v) is 3.89. The van der Waals surface area contributed by atoms with Gasteiger partial charge in [-0.15, -0.1) is 0 Å². The van der Waals surface area contributed by atoms with E-state index in [2.05, 4.69) is 0 Å². The minimum Gasteiger partial charge on any atom is -0.207 e. The molecule has 9 heteroatoms. The molecule has 0 aliphatic carbocycles. The van der Waals surface area contributed by atoms with Gasteiger partial charge in [0.1, 0.15) is 17.5 Å². The first kappa shape index (κ1) is 24.4. The van der Waals surface area contributed by atoms with Crippen molar-refractivity contribution >= 4 is 0 Å². The van der Waals surface area contributed by atoms with Crippen LogP contribution in [0.15, 0.2) is 78.9 Å². The Morgan fingerprint density at radius 3 is 1.71 bits per heavy atom. The third-order valence-electron chi connectivity index (χ3n) is 5.37. The lowest BCUT2D eigenvalue weighted by molar-refractivity contribution is -0.161. The average molecular weight is 496 g/mol. The van der Waals surface area contributed by atoms with E-state index in [0.717, 1.165) is 48.5 Å². The first-order valence-corrected chi connectivity index (χ1v) is 10.00. The van der Waals surface area contributed by atoms with Crippen molar-refractivity contribution in [3.63, 3.8) is 0 Å². The van der Waals surface area contributed by atoms with E-state index in [1.165, 1.54) is 24.3 Å². The number of hydrogen-bond acceptors (Lipinski definition) is 0. The molecule has 0 radical (unpaired) electrons. The molecule has 0 N–H and O–H groups in total. The maximum Gasteiger partial charge on any atom is 0.417 e. The summed E-state index contributed by atoms with van der Waals surface area (Å²) in [7, 11) is 0. The zero-order valence-electron chi connectivity index (χ0n) is 17.4. The predicted octanol–water partition coefficient (Wildman–Crippen LogP) is 9.14. The van der Waals surface area contributed by atoms with Crippen LogP contribution in [-0.4, -0.2) is 0 Å². The van der Waals surface area contributed by atoms with Gasteiger partial charge < -0.3 is 0 Å². The van der Waals surface area contributed by atoms with Gasteiger partial charge in [0, 0.05) is 11.1 Å². The van der Waals surface area contributed by atoms with Gasteiger partial charge in [0.2, 0.25) is 0 Å². The van der Waals surface area contributed by atoms with Crippen LogP contribution in [0.1, 0.15) is 11.1 Å². The second-order valence-electron chi connectivity index (χ2n) is 7.59. The Bertz CT molecular complexity index is 1380.